The van der Waals surface area contributed by atoms with Gasteiger partial charge in [-0.2, -0.15) is 0 Å². The standard InChI is InChI=1S/C10H21NO3S/c1-8(7-15(2,13)14)11-9-3-5-10(12)6-4-9/h8-12H,3-7H2,1-2H3. The molecule has 15 heavy (non-hydrogen) atoms. The maximum absolute atomic E-state index is 11.1. The summed E-state index contributed by atoms with van der Waals surface area (Å²) < 4.78 is 22.1. The van der Waals surface area contributed by atoms with E-state index >= 15 is 0 Å². The molecule has 0 spiro atoms. The Labute approximate surface area is 92.0 Å². The second-order valence-electron chi connectivity index (χ2n) is 4.67. The number of nitrogens with one attached hydrogen (secondary N) is 1. The van der Waals surface area contributed by atoms with E-state index in [1.165, 1.54) is 6.26 Å². The van der Waals surface area contributed by atoms with E-state index in [-0.39, 0.29) is 17.9 Å². The molecule has 90 valence electrons. The second-order valence-corrected chi connectivity index (χ2v) is 6.85. The van der Waals surface area contributed by atoms with E-state index in [0.29, 0.717) is 6.04 Å². The largest absolute Gasteiger partial charge is 0.393 e. The van der Waals surface area contributed by atoms with E-state index in [2.05, 4.69) is 5.32 Å². The number of hydrogen-bond donors (Lipinski definition) is 2. The van der Waals surface area contributed by atoms with Crippen LogP contribution in [0.2, 0.25) is 0 Å². The summed E-state index contributed by atoms with van der Waals surface area (Å²) in [4.78, 5) is 0. The molecule has 1 rings (SSSR count). The van der Waals surface area contributed by atoms with Crippen molar-refractivity contribution < 1.29 is 13.5 Å². The Balaban J connectivity index is 2.29. The lowest BCUT2D eigenvalue weighted by atomic mass is 9.93. The van der Waals surface area contributed by atoms with Gasteiger partial charge in [-0.25, -0.2) is 8.42 Å². The van der Waals surface area contributed by atoms with E-state index in [9.17, 15) is 13.5 Å². The number of aliphatic hydroxyl groups excluding tert-OH is 1. The summed E-state index contributed by atoms with van der Waals surface area (Å²) in [7, 11) is -2.90. The summed E-state index contributed by atoms with van der Waals surface area (Å²) in [5.41, 5.74) is 0. The van der Waals surface area contributed by atoms with E-state index in [4.69, 9.17) is 0 Å². The molecule has 0 heterocycles. The van der Waals surface area contributed by atoms with Gasteiger partial charge in [0.2, 0.25) is 0 Å². The van der Waals surface area contributed by atoms with Gasteiger partial charge in [-0.1, -0.05) is 0 Å². The third-order valence-electron chi connectivity index (χ3n) is 2.77. The van der Waals surface area contributed by atoms with Crippen molar-refractivity contribution in [3.05, 3.63) is 0 Å². The highest BCUT2D eigenvalue weighted by atomic mass is 32.2. The minimum atomic E-state index is -2.90. The first kappa shape index (κ1) is 12.9. The highest BCUT2D eigenvalue weighted by Gasteiger charge is 2.21. The number of sulfone groups is 1. The molecule has 0 amide bonds. The molecule has 1 saturated carbocycles. The van der Waals surface area contributed by atoms with Gasteiger partial charge < -0.3 is 10.4 Å². The third kappa shape index (κ3) is 5.49. The van der Waals surface area contributed by atoms with Crippen molar-refractivity contribution in [1.82, 2.24) is 5.32 Å². The van der Waals surface area contributed by atoms with Gasteiger partial charge in [0.05, 0.1) is 11.9 Å². The predicted octanol–water partition coefficient (Wildman–Crippen LogP) is 0.313. The normalized spacial score (nSPS) is 30.1. The van der Waals surface area contributed by atoms with Crippen molar-refractivity contribution in [3.8, 4) is 0 Å². The van der Waals surface area contributed by atoms with Crippen molar-refractivity contribution in [3.63, 3.8) is 0 Å². The molecule has 0 radical (unpaired) electrons. The van der Waals surface area contributed by atoms with E-state index in [0.717, 1.165) is 25.7 Å². The first-order valence-corrected chi connectivity index (χ1v) is 7.54. The Kier molecular flexibility index (Phi) is 4.55. The van der Waals surface area contributed by atoms with Crippen molar-refractivity contribution >= 4 is 9.84 Å². The molecular weight excluding hydrogens is 214 g/mol. The SMILES string of the molecule is CC(CS(C)(=O)=O)NC1CCC(O)CC1. The minimum Gasteiger partial charge on any atom is -0.393 e. The molecule has 0 aromatic carbocycles. The van der Waals surface area contributed by atoms with Gasteiger partial charge in [0.25, 0.3) is 0 Å². The highest BCUT2D eigenvalue weighted by molar-refractivity contribution is 7.90. The molecule has 1 aliphatic carbocycles. The zero-order valence-corrected chi connectivity index (χ0v) is 10.3. The maximum atomic E-state index is 11.1. The fourth-order valence-corrected chi connectivity index (χ4v) is 3.15. The van der Waals surface area contributed by atoms with Crippen LogP contribution in [0.15, 0.2) is 0 Å². The number of aliphatic hydroxyl groups is 1. The van der Waals surface area contributed by atoms with Crippen LogP contribution in [0.1, 0.15) is 32.6 Å². The van der Waals surface area contributed by atoms with E-state index < -0.39 is 9.84 Å². The van der Waals surface area contributed by atoms with Gasteiger partial charge in [-0.3, -0.25) is 0 Å². The van der Waals surface area contributed by atoms with Crippen LogP contribution >= 0.6 is 0 Å². The van der Waals surface area contributed by atoms with Crippen LogP contribution in [0.5, 0.6) is 0 Å². The first-order chi connectivity index (χ1) is 6.87. The van der Waals surface area contributed by atoms with Gasteiger partial charge in [0, 0.05) is 18.3 Å². The smallest absolute Gasteiger partial charge is 0.148 e. The fraction of sp³-hybridized carbons (Fsp3) is 1.00. The maximum Gasteiger partial charge on any atom is 0.148 e. The summed E-state index contributed by atoms with van der Waals surface area (Å²) in [6.45, 7) is 1.89. The average Bonchev–Trinajstić information content (AvgIpc) is 2.05. The molecule has 0 bridgehead atoms. The van der Waals surface area contributed by atoms with Crippen LogP contribution in [0.25, 0.3) is 0 Å². The summed E-state index contributed by atoms with van der Waals surface area (Å²) >= 11 is 0. The number of hydrogen-bond acceptors (Lipinski definition) is 4. The van der Waals surface area contributed by atoms with Crippen molar-refractivity contribution in [1.29, 1.82) is 0 Å². The lowest BCUT2D eigenvalue weighted by Crippen LogP contribution is -2.42. The predicted molar refractivity (Wildman–Crippen MR) is 60.6 cm³/mol. The van der Waals surface area contributed by atoms with Crippen LogP contribution in [0.3, 0.4) is 0 Å². The third-order valence-corrected chi connectivity index (χ3v) is 3.88. The topological polar surface area (TPSA) is 66.4 Å². The van der Waals surface area contributed by atoms with Crippen molar-refractivity contribution in [2.75, 3.05) is 12.0 Å². The van der Waals surface area contributed by atoms with Gasteiger partial charge in [0.1, 0.15) is 9.84 Å². The molecule has 1 unspecified atom stereocenters. The second kappa shape index (κ2) is 5.27. The van der Waals surface area contributed by atoms with E-state index in [1.807, 2.05) is 6.92 Å². The van der Waals surface area contributed by atoms with Crippen LogP contribution in [0, 0.1) is 0 Å². The zero-order valence-electron chi connectivity index (χ0n) is 9.44. The van der Waals surface area contributed by atoms with Crippen LogP contribution in [-0.2, 0) is 9.84 Å². The van der Waals surface area contributed by atoms with Crippen LogP contribution in [-0.4, -0.2) is 43.7 Å². The van der Waals surface area contributed by atoms with Crippen LogP contribution < -0.4 is 5.32 Å². The van der Waals surface area contributed by atoms with Gasteiger partial charge in [0.15, 0.2) is 0 Å². The lowest BCUT2D eigenvalue weighted by Gasteiger charge is -2.28. The van der Waals surface area contributed by atoms with Crippen LogP contribution in [0.4, 0.5) is 0 Å². The molecule has 1 atom stereocenters. The molecule has 4 nitrogen and oxygen atoms in total. The van der Waals surface area contributed by atoms with Gasteiger partial charge in [-0.15, -0.1) is 0 Å². The Morgan fingerprint density at radius 2 is 1.87 bits per heavy atom. The number of rotatable bonds is 4. The Hall–Kier alpha value is -0.130. The monoisotopic (exact) mass is 235 g/mol. The van der Waals surface area contributed by atoms with E-state index in [1.54, 1.807) is 0 Å². The summed E-state index contributed by atoms with van der Waals surface area (Å²) in [6, 6.07) is 0.366. The average molecular weight is 235 g/mol. The summed E-state index contributed by atoms with van der Waals surface area (Å²) in [6.07, 6.45) is 4.63. The summed E-state index contributed by atoms with van der Waals surface area (Å²) in [5, 5.41) is 12.6. The summed E-state index contributed by atoms with van der Waals surface area (Å²) in [5.74, 6) is 0.187. The first-order valence-electron chi connectivity index (χ1n) is 5.48. The highest BCUT2D eigenvalue weighted by Crippen LogP contribution is 2.18. The molecular formula is C10H21NO3S. The Morgan fingerprint density at radius 1 is 1.33 bits per heavy atom. The van der Waals surface area contributed by atoms with Gasteiger partial charge >= 0.3 is 0 Å². The molecule has 2 N–H and O–H groups in total. The van der Waals surface area contributed by atoms with Gasteiger partial charge in [-0.05, 0) is 32.6 Å². The zero-order chi connectivity index (χ0) is 11.5. The lowest BCUT2D eigenvalue weighted by molar-refractivity contribution is 0.115. The minimum absolute atomic E-state index is 0.000225. The molecule has 0 aliphatic heterocycles. The molecule has 1 aliphatic rings. The Bertz CT molecular complexity index is 281. The van der Waals surface area contributed by atoms with Crippen molar-refractivity contribution in [2.24, 2.45) is 0 Å². The molecule has 1 fully saturated rings. The molecule has 0 aromatic rings. The molecule has 0 saturated heterocycles. The molecule has 0 aromatic heterocycles. The molecule has 5 heteroatoms. The Morgan fingerprint density at radius 3 is 2.33 bits per heavy atom. The fourth-order valence-electron chi connectivity index (χ4n) is 2.15. The van der Waals surface area contributed by atoms with Crippen molar-refractivity contribution in [2.45, 2.75) is 50.8 Å². The quantitative estimate of drug-likeness (QED) is 0.736.